The quantitative estimate of drug-likeness (QED) is 0.688. The summed E-state index contributed by atoms with van der Waals surface area (Å²) in [4.78, 5) is 0. The summed E-state index contributed by atoms with van der Waals surface area (Å²) in [7, 11) is 0. The van der Waals surface area contributed by atoms with Crippen molar-refractivity contribution in [1.29, 1.82) is 0 Å². The van der Waals surface area contributed by atoms with Crippen LogP contribution in [0, 0.1) is 12.8 Å². The molecule has 1 atom stereocenters. The van der Waals surface area contributed by atoms with E-state index in [2.05, 4.69) is 44.2 Å². The highest BCUT2D eigenvalue weighted by Gasteiger charge is 2.10. The van der Waals surface area contributed by atoms with E-state index in [1.54, 1.807) is 0 Å². The van der Waals surface area contributed by atoms with Gasteiger partial charge in [-0.05, 0) is 48.1 Å². The van der Waals surface area contributed by atoms with Crippen LogP contribution in [0.3, 0.4) is 0 Å². The molecule has 1 heteroatoms. The first-order valence-corrected chi connectivity index (χ1v) is 5.40. The maximum absolute atomic E-state index is 5.82. The van der Waals surface area contributed by atoms with Gasteiger partial charge in [-0.25, -0.2) is 0 Å². The molecule has 0 saturated carbocycles. The standard InChI is InChI=1S/C14H17N/c1-10-4-3-5-12(8-10)14-9-13(15)7-6-11(14)2/h3-7,9-10H,8,15H2,1-2H3. The molecule has 0 saturated heterocycles. The summed E-state index contributed by atoms with van der Waals surface area (Å²) in [6.45, 7) is 4.38. The number of rotatable bonds is 1. The zero-order valence-electron chi connectivity index (χ0n) is 9.33. The van der Waals surface area contributed by atoms with Crippen LogP contribution in [0.25, 0.3) is 5.57 Å². The molecule has 1 unspecified atom stereocenters. The third-order valence-electron chi connectivity index (χ3n) is 2.89. The Morgan fingerprint density at radius 2 is 2.13 bits per heavy atom. The molecule has 1 aliphatic carbocycles. The lowest BCUT2D eigenvalue weighted by Gasteiger charge is -2.17. The number of hydrogen-bond donors (Lipinski definition) is 1. The number of benzene rings is 1. The van der Waals surface area contributed by atoms with Crippen molar-refractivity contribution in [3.05, 3.63) is 47.6 Å². The van der Waals surface area contributed by atoms with Gasteiger partial charge in [-0.3, -0.25) is 0 Å². The Kier molecular flexibility index (Phi) is 2.63. The van der Waals surface area contributed by atoms with Gasteiger partial charge in [-0.2, -0.15) is 0 Å². The highest BCUT2D eigenvalue weighted by Crippen LogP contribution is 2.30. The van der Waals surface area contributed by atoms with Gasteiger partial charge in [0.05, 0.1) is 0 Å². The van der Waals surface area contributed by atoms with Crippen molar-refractivity contribution in [2.24, 2.45) is 5.92 Å². The van der Waals surface area contributed by atoms with E-state index in [1.807, 2.05) is 6.07 Å². The third kappa shape index (κ3) is 2.12. The van der Waals surface area contributed by atoms with Crippen molar-refractivity contribution < 1.29 is 0 Å². The van der Waals surface area contributed by atoms with Crippen LogP contribution in [0.1, 0.15) is 24.5 Å². The Bertz CT molecular complexity index is 427. The Hall–Kier alpha value is -1.50. The van der Waals surface area contributed by atoms with Crippen LogP contribution in [-0.4, -0.2) is 0 Å². The van der Waals surface area contributed by atoms with Gasteiger partial charge >= 0.3 is 0 Å². The molecule has 0 radical (unpaired) electrons. The molecule has 1 aromatic carbocycles. The highest BCUT2D eigenvalue weighted by atomic mass is 14.5. The van der Waals surface area contributed by atoms with Crippen LogP contribution >= 0.6 is 0 Å². The molecular weight excluding hydrogens is 182 g/mol. The summed E-state index contributed by atoms with van der Waals surface area (Å²) in [6, 6.07) is 6.13. The first kappa shape index (κ1) is 10.0. The number of nitrogen functional groups attached to an aromatic ring is 1. The average molecular weight is 199 g/mol. The second-order valence-corrected chi connectivity index (χ2v) is 4.33. The molecule has 0 spiro atoms. The van der Waals surface area contributed by atoms with Gasteiger partial charge in [0, 0.05) is 5.69 Å². The maximum Gasteiger partial charge on any atom is 0.0320 e. The molecule has 0 fully saturated rings. The molecule has 0 heterocycles. The molecule has 0 amide bonds. The van der Waals surface area contributed by atoms with Crippen LogP contribution in [0.15, 0.2) is 36.4 Å². The molecule has 2 rings (SSSR count). The van der Waals surface area contributed by atoms with E-state index in [9.17, 15) is 0 Å². The Morgan fingerprint density at radius 3 is 2.87 bits per heavy atom. The predicted octanol–water partition coefficient (Wildman–Crippen LogP) is 3.56. The predicted molar refractivity (Wildman–Crippen MR) is 66.5 cm³/mol. The lowest BCUT2D eigenvalue weighted by atomic mass is 9.89. The molecule has 78 valence electrons. The van der Waals surface area contributed by atoms with Gasteiger partial charge in [-0.1, -0.05) is 31.2 Å². The Balaban J connectivity index is 2.41. The van der Waals surface area contributed by atoms with Gasteiger partial charge < -0.3 is 5.73 Å². The van der Waals surface area contributed by atoms with Gasteiger partial charge in [0.25, 0.3) is 0 Å². The van der Waals surface area contributed by atoms with E-state index < -0.39 is 0 Å². The monoisotopic (exact) mass is 199 g/mol. The topological polar surface area (TPSA) is 26.0 Å². The molecular formula is C14H17N. The minimum atomic E-state index is 0.630. The molecule has 2 N–H and O–H groups in total. The average Bonchev–Trinajstić information content (AvgIpc) is 2.22. The number of nitrogens with two attached hydrogens (primary N) is 1. The fraction of sp³-hybridized carbons (Fsp3) is 0.286. The first-order valence-electron chi connectivity index (χ1n) is 5.40. The van der Waals surface area contributed by atoms with Crippen molar-refractivity contribution in [3.8, 4) is 0 Å². The summed E-state index contributed by atoms with van der Waals surface area (Å²) >= 11 is 0. The minimum Gasteiger partial charge on any atom is -0.399 e. The SMILES string of the molecule is Cc1ccc(N)cc1C1=CC=CC(C)C1. The second-order valence-electron chi connectivity index (χ2n) is 4.33. The van der Waals surface area contributed by atoms with Crippen LogP contribution in [-0.2, 0) is 0 Å². The lowest BCUT2D eigenvalue weighted by molar-refractivity contribution is 0.748. The van der Waals surface area contributed by atoms with Crippen molar-refractivity contribution >= 4 is 11.3 Å². The van der Waals surface area contributed by atoms with E-state index >= 15 is 0 Å². The van der Waals surface area contributed by atoms with Crippen molar-refractivity contribution in [2.75, 3.05) is 5.73 Å². The van der Waals surface area contributed by atoms with Crippen LogP contribution < -0.4 is 5.73 Å². The van der Waals surface area contributed by atoms with Gasteiger partial charge in [0.2, 0.25) is 0 Å². The van der Waals surface area contributed by atoms with E-state index in [-0.39, 0.29) is 0 Å². The van der Waals surface area contributed by atoms with E-state index in [1.165, 1.54) is 16.7 Å². The molecule has 1 aromatic rings. The summed E-state index contributed by atoms with van der Waals surface area (Å²) in [5.74, 6) is 0.630. The van der Waals surface area contributed by atoms with E-state index in [0.717, 1.165) is 12.1 Å². The zero-order valence-corrected chi connectivity index (χ0v) is 9.33. The van der Waals surface area contributed by atoms with Crippen LogP contribution in [0.4, 0.5) is 5.69 Å². The van der Waals surface area contributed by atoms with Crippen molar-refractivity contribution in [2.45, 2.75) is 20.3 Å². The molecule has 0 bridgehead atoms. The van der Waals surface area contributed by atoms with Crippen molar-refractivity contribution in [3.63, 3.8) is 0 Å². The summed E-state index contributed by atoms with van der Waals surface area (Å²) in [5.41, 5.74) is 10.7. The molecule has 0 aromatic heterocycles. The normalized spacial score (nSPS) is 20.1. The van der Waals surface area contributed by atoms with Crippen LogP contribution in [0.5, 0.6) is 0 Å². The van der Waals surface area contributed by atoms with Crippen molar-refractivity contribution in [1.82, 2.24) is 0 Å². The van der Waals surface area contributed by atoms with E-state index in [0.29, 0.717) is 5.92 Å². The maximum atomic E-state index is 5.82. The fourth-order valence-corrected chi connectivity index (χ4v) is 2.03. The number of hydrogen-bond acceptors (Lipinski definition) is 1. The smallest absolute Gasteiger partial charge is 0.0320 e. The van der Waals surface area contributed by atoms with Gasteiger partial charge in [0.15, 0.2) is 0 Å². The molecule has 15 heavy (non-hydrogen) atoms. The minimum absolute atomic E-state index is 0.630. The fourth-order valence-electron chi connectivity index (χ4n) is 2.03. The highest BCUT2D eigenvalue weighted by molar-refractivity contribution is 5.73. The molecule has 1 nitrogen and oxygen atoms in total. The van der Waals surface area contributed by atoms with Gasteiger partial charge in [-0.15, -0.1) is 0 Å². The zero-order chi connectivity index (χ0) is 10.8. The largest absolute Gasteiger partial charge is 0.399 e. The first-order chi connectivity index (χ1) is 7.16. The number of allylic oxidation sites excluding steroid dienone is 4. The number of anilines is 1. The Labute approximate surface area is 91.3 Å². The van der Waals surface area contributed by atoms with E-state index in [4.69, 9.17) is 5.73 Å². The molecule has 1 aliphatic rings. The summed E-state index contributed by atoms with van der Waals surface area (Å²) < 4.78 is 0. The Morgan fingerprint density at radius 1 is 1.33 bits per heavy atom. The van der Waals surface area contributed by atoms with Crippen LogP contribution in [0.2, 0.25) is 0 Å². The summed E-state index contributed by atoms with van der Waals surface area (Å²) in [5, 5.41) is 0. The number of aryl methyl sites for hydroxylation is 1. The second kappa shape index (κ2) is 3.93. The lowest BCUT2D eigenvalue weighted by Crippen LogP contribution is -1.99. The van der Waals surface area contributed by atoms with Gasteiger partial charge in [0.1, 0.15) is 0 Å². The third-order valence-corrected chi connectivity index (χ3v) is 2.89. The molecule has 0 aliphatic heterocycles. The summed E-state index contributed by atoms with van der Waals surface area (Å²) in [6.07, 6.45) is 7.69.